The Bertz CT molecular complexity index is 648. The summed E-state index contributed by atoms with van der Waals surface area (Å²) in [5.41, 5.74) is 1.28. The van der Waals surface area contributed by atoms with Gasteiger partial charge in [-0.3, -0.25) is 4.79 Å². The molecule has 1 amide bonds. The molecule has 25 heavy (non-hydrogen) atoms. The fraction of sp³-hybridized carbons (Fsp3) is 0.400. The van der Waals surface area contributed by atoms with Crippen molar-refractivity contribution in [3.05, 3.63) is 48.2 Å². The van der Waals surface area contributed by atoms with E-state index in [1.165, 1.54) is 0 Å². The highest BCUT2D eigenvalue weighted by atomic mass is 16.5. The maximum absolute atomic E-state index is 12.4. The van der Waals surface area contributed by atoms with Crippen LogP contribution in [-0.4, -0.2) is 30.6 Å². The minimum Gasteiger partial charge on any atom is -0.494 e. The molecule has 0 bridgehead atoms. The number of ether oxygens (including phenoxy) is 1. The summed E-state index contributed by atoms with van der Waals surface area (Å²) in [5.74, 6) is 1.54. The Hall–Kier alpha value is -2.56. The van der Waals surface area contributed by atoms with E-state index in [-0.39, 0.29) is 5.91 Å². The minimum atomic E-state index is -0.166. The molecule has 0 radical (unpaired) electrons. The zero-order valence-corrected chi connectivity index (χ0v) is 15.3. The quantitative estimate of drug-likeness (QED) is 0.736. The Labute approximate surface area is 150 Å². The van der Waals surface area contributed by atoms with Gasteiger partial charge in [0.15, 0.2) is 0 Å². The summed E-state index contributed by atoms with van der Waals surface area (Å²) in [5, 5.41) is 2.88. The Kier molecular flexibility index (Phi) is 7.26. The molecular formula is C20H27N3O2. The summed E-state index contributed by atoms with van der Waals surface area (Å²) in [6.45, 7) is 8.81. The first kappa shape index (κ1) is 18.8. The first-order valence-electron chi connectivity index (χ1n) is 8.93. The lowest BCUT2D eigenvalue weighted by Crippen LogP contribution is -2.26. The van der Waals surface area contributed by atoms with Crippen molar-refractivity contribution in [2.75, 3.05) is 29.9 Å². The van der Waals surface area contributed by atoms with Crippen molar-refractivity contribution in [1.29, 1.82) is 0 Å². The Morgan fingerprint density at radius 2 is 1.72 bits per heavy atom. The van der Waals surface area contributed by atoms with Gasteiger partial charge < -0.3 is 15.0 Å². The Morgan fingerprint density at radius 1 is 1.04 bits per heavy atom. The number of nitrogens with zero attached hydrogens (tertiary/aromatic N) is 2. The average molecular weight is 341 g/mol. The third-order valence-corrected chi connectivity index (χ3v) is 3.74. The molecular weight excluding hydrogens is 314 g/mol. The fourth-order valence-electron chi connectivity index (χ4n) is 2.59. The second-order valence-corrected chi connectivity index (χ2v) is 5.80. The third-order valence-electron chi connectivity index (χ3n) is 3.74. The van der Waals surface area contributed by atoms with Gasteiger partial charge in [0.1, 0.15) is 11.6 Å². The van der Waals surface area contributed by atoms with Crippen molar-refractivity contribution in [1.82, 2.24) is 4.98 Å². The van der Waals surface area contributed by atoms with E-state index < -0.39 is 0 Å². The second-order valence-electron chi connectivity index (χ2n) is 5.80. The topological polar surface area (TPSA) is 54.5 Å². The standard InChI is InChI=1S/C20H27N3O2/c1-4-13-23(14-5-2)19-12-7-16(15-21-19)20(24)22-17-8-10-18(11-9-17)25-6-3/h7-12,15H,4-6,13-14H2,1-3H3,(H,22,24). The van der Waals surface area contributed by atoms with Gasteiger partial charge in [0.05, 0.1) is 12.2 Å². The molecule has 134 valence electrons. The lowest BCUT2D eigenvalue weighted by Gasteiger charge is -2.22. The van der Waals surface area contributed by atoms with Crippen molar-refractivity contribution < 1.29 is 9.53 Å². The maximum Gasteiger partial charge on any atom is 0.257 e. The molecule has 1 heterocycles. The van der Waals surface area contributed by atoms with Crippen LogP contribution in [0, 0.1) is 0 Å². The monoisotopic (exact) mass is 341 g/mol. The van der Waals surface area contributed by atoms with E-state index in [1.807, 2.05) is 43.3 Å². The molecule has 1 aromatic heterocycles. The number of rotatable bonds is 9. The predicted molar refractivity (Wildman–Crippen MR) is 103 cm³/mol. The SMILES string of the molecule is CCCN(CCC)c1ccc(C(=O)Nc2ccc(OCC)cc2)cn1. The molecule has 0 saturated heterocycles. The van der Waals surface area contributed by atoms with Gasteiger partial charge in [0.2, 0.25) is 0 Å². The summed E-state index contributed by atoms with van der Waals surface area (Å²) in [4.78, 5) is 19.1. The van der Waals surface area contributed by atoms with Crippen molar-refractivity contribution in [3.63, 3.8) is 0 Å². The summed E-state index contributed by atoms with van der Waals surface area (Å²) in [7, 11) is 0. The van der Waals surface area contributed by atoms with E-state index in [4.69, 9.17) is 4.74 Å². The van der Waals surface area contributed by atoms with Crippen molar-refractivity contribution in [3.8, 4) is 5.75 Å². The van der Waals surface area contributed by atoms with Gasteiger partial charge in [0.25, 0.3) is 5.91 Å². The van der Waals surface area contributed by atoms with Gasteiger partial charge in [-0.2, -0.15) is 0 Å². The maximum atomic E-state index is 12.4. The molecule has 0 atom stereocenters. The molecule has 0 aliphatic carbocycles. The fourth-order valence-corrected chi connectivity index (χ4v) is 2.59. The first-order valence-corrected chi connectivity index (χ1v) is 8.93. The predicted octanol–water partition coefficient (Wildman–Crippen LogP) is 4.36. The smallest absolute Gasteiger partial charge is 0.257 e. The van der Waals surface area contributed by atoms with Crippen LogP contribution in [-0.2, 0) is 0 Å². The van der Waals surface area contributed by atoms with Crippen LogP contribution in [0.25, 0.3) is 0 Å². The van der Waals surface area contributed by atoms with Crippen LogP contribution in [0.3, 0.4) is 0 Å². The largest absolute Gasteiger partial charge is 0.494 e. The number of hydrogen-bond donors (Lipinski definition) is 1. The molecule has 0 aliphatic rings. The van der Waals surface area contributed by atoms with Crippen LogP contribution in [0.2, 0.25) is 0 Å². The normalized spacial score (nSPS) is 10.4. The highest BCUT2D eigenvalue weighted by Crippen LogP contribution is 2.17. The number of amides is 1. The van der Waals surface area contributed by atoms with Crippen molar-refractivity contribution in [2.24, 2.45) is 0 Å². The van der Waals surface area contributed by atoms with E-state index >= 15 is 0 Å². The van der Waals surface area contributed by atoms with Gasteiger partial charge in [-0.25, -0.2) is 4.98 Å². The van der Waals surface area contributed by atoms with E-state index in [0.717, 1.165) is 43.2 Å². The molecule has 1 N–H and O–H groups in total. The molecule has 2 aromatic rings. The number of aromatic nitrogens is 1. The van der Waals surface area contributed by atoms with Crippen LogP contribution < -0.4 is 15.0 Å². The molecule has 1 aromatic carbocycles. The molecule has 5 nitrogen and oxygen atoms in total. The summed E-state index contributed by atoms with van der Waals surface area (Å²) >= 11 is 0. The van der Waals surface area contributed by atoms with Crippen molar-refractivity contribution >= 4 is 17.4 Å². The third kappa shape index (κ3) is 5.48. The van der Waals surface area contributed by atoms with Crippen LogP contribution in [0.15, 0.2) is 42.6 Å². The molecule has 0 unspecified atom stereocenters. The van der Waals surface area contributed by atoms with E-state index in [2.05, 4.69) is 29.0 Å². The van der Waals surface area contributed by atoms with Gasteiger partial charge in [-0.05, 0) is 56.2 Å². The molecule has 2 rings (SSSR count). The lowest BCUT2D eigenvalue weighted by atomic mass is 10.2. The van der Waals surface area contributed by atoms with Crippen LogP contribution in [0.1, 0.15) is 44.0 Å². The number of hydrogen-bond acceptors (Lipinski definition) is 4. The zero-order chi connectivity index (χ0) is 18.1. The molecule has 0 spiro atoms. The zero-order valence-electron chi connectivity index (χ0n) is 15.3. The molecule has 0 fully saturated rings. The average Bonchev–Trinajstić information content (AvgIpc) is 2.63. The number of pyridine rings is 1. The minimum absolute atomic E-state index is 0.166. The highest BCUT2D eigenvalue weighted by Gasteiger charge is 2.10. The van der Waals surface area contributed by atoms with Crippen LogP contribution in [0.5, 0.6) is 5.75 Å². The number of anilines is 2. The summed E-state index contributed by atoms with van der Waals surface area (Å²) < 4.78 is 5.40. The highest BCUT2D eigenvalue weighted by molar-refractivity contribution is 6.04. The number of carbonyl (C=O) groups is 1. The molecule has 5 heteroatoms. The Morgan fingerprint density at radius 3 is 2.24 bits per heavy atom. The summed E-state index contributed by atoms with van der Waals surface area (Å²) in [6.07, 6.45) is 3.78. The van der Waals surface area contributed by atoms with Gasteiger partial charge >= 0.3 is 0 Å². The number of benzene rings is 1. The van der Waals surface area contributed by atoms with Gasteiger partial charge in [-0.15, -0.1) is 0 Å². The van der Waals surface area contributed by atoms with E-state index in [1.54, 1.807) is 6.20 Å². The molecule has 0 saturated carbocycles. The summed E-state index contributed by atoms with van der Waals surface area (Å²) in [6, 6.07) is 11.1. The first-order chi connectivity index (χ1) is 12.2. The van der Waals surface area contributed by atoms with Crippen molar-refractivity contribution in [2.45, 2.75) is 33.6 Å². The number of nitrogens with one attached hydrogen (secondary N) is 1. The van der Waals surface area contributed by atoms with E-state index in [0.29, 0.717) is 12.2 Å². The molecule has 0 aliphatic heterocycles. The number of carbonyl (C=O) groups excluding carboxylic acids is 1. The van der Waals surface area contributed by atoms with Gasteiger partial charge in [0, 0.05) is 25.0 Å². The van der Waals surface area contributed by atoms with E-state index in [9.17, 15) is 4.79 Å². The lowest BCUT2D eigenvalue weighted by molar-refractivity contribution is 0.102. The Balaban J connectivity index is 2.01. The second kappa shape index (κ2) is 9.67. The van der Waals surface area contributed by atoms with Crippen LogP contribution in [0.4, 0.5) is 11.5 Å². The van der Waals surface area contributed by atoms with Gasteiger partial charge in [-0.1, -0.05) is 13.8 Å². The van der Waals surface area contributed by atoms with Crippen LogP contribution >= 0.6 is 0 Å².